The largest absolute Gasteiger partial charge is 0.313 e. The van der Waals surface area contributed by atoms with E-state index in [4.69, 9.17) is 0 Å². The van der Waals surface area contributed by atoms with E-state index in [2.05, 4.69) is 12.2 Å². The highest BCUT2D eigenvalue weighted by Crippen LogP contribution is 2.38. The minimum absolute atomic E-state index is 0.148. The van der Waals surface area contributed by atoms with Gasteiger partial charge in [-0.1, -0.05) is 44.7 Å². The molecule has 1 aromatic carbocycles. The highest BCUT2D eigenvalue weighted by molar-refractivity contribution is 5.20. The summed E-state index contributed by atoms with van der Waals surface area (Å²) in [6.07, 6.45) is 8.01. The van der Waals surface area contributed by atoms with Crippen molar-refractivity contribution in [3.63, 3.8) is 0 Å². The lowest BCUT2D eigenvalue weighted by Crippen LogP contribution is -2.28. The van der Waals surface area contributed by atoms with Crippen LogP contribution in [0.25, 0.3) is 0 Å². The fraction of sp³-hybridized carbons (Fsp3) is 0.647. The van der Waals surface area contributed by atoms with Gasteiger partial charge in [0.2, 0.25) is 0 Å². The fourth-order valence-electron chi connectivity index (χ4n) is 3.56. The molecule has 1 aliphatic rings. The Morgan fingerprint density at radius 3 is 2.32 bits per heavy atom. The van der Waals surface area contributed by atoms with Gasteiger partial charge in [-0.25, -0.2) is 4.39 Å². The SMILES string of the molecule is CCCC1CCC(C(NC)c2ccc(F)cc2)CC1. The zero-order valence-electron chi connectivity index (χ0n) is 12.2. The second kappa shape index (κ2) is 7.04. The molecule has 1 fully saturated rings. The van der Waals surface area contributed by atoms with Crippen molar-refractivity contribution in [2.75, 3.05) is 7.05 Å². The number of rotatable bonds is 5. The van der Waals surface area contributed by atoms with Crippen molar-refractivity contribution in [1.82, 2.24) is 5.32 Å². The Labute approximate surface area is 116 Å². The molecule has 19 heavy (non-hydrogen) atoms. The van der Waals surface area contributed by atoms with Crippen LogP contribution in [-0.4, -0.2) is 7.05 Å². The Balaban J connectivity index is 1.97. The molecule has 0 bridgehead atoms. The summed E-state index contributed by atoms with van der Waals surface area (Å²) >= 11 is 0. The van der Waals surface area contributed by atoms with E-state index in [0.717, 1.165) is 5.92 Å². The van der Waals surface area contributed by atoms with E-state index in [1.807, 2.05) is 19.2 Å². The summed E-state index contributed by atoms with van der Waals surface area (Å²) in [5.74, 6) is 1.49. The highest BCUT2D eigenvalue weighted by Gasteiger charge is 2.27. The molecule has 1 nitrogen and oxygen atoms in total. The van der Waals surface area contributed by atoms with Crippen molar-refractivity contribution >= 4 is 0 Å². The van der Waals surface area contributed by atoms with Gasteiger partial charge >= 0.3 is 0 Å². The van der Waals surface area contributed by atoms with Gasteiger partial charge < -0.3 is 5.32 Å². The van der Waals surface area contributed by atoms with Gasteiger partial charge in [-0.05, 0) is 49.4 Å². The van der Waals surface area contributed by atoms with Crippen LogP contribution in [0.5, 0.6) is 0 Å². The molecular weight excluding hydrogens is 237 g/mol. The summed E-state index contributed by atoms with van der Waals surface area (Å²) in [5, 5.41) is 3.43. The molecule has 106 valence electrons. The lowest BCUT2D eigenvalue weighted by atomic mass is 9.75. The fourth-order valence-corrected chi connectivity index (χ4v) is 3.56. The lowest BCUT2D eigenvalue weighted by Gasteiger charge is -2.34. The van der Waals surface area contributed by atoms with Gasteiger partial charge in [0, 0.05) is 6.04 Å². The molecule has 0 spiro atoms. The van der Waals surface area contributed by atoms with Gasteiger partial charge in [-0.3, -0.25) is 0 Å². The van der Waals surface area contributed by atoms with E-state index in [9.17, 15) is 4.39 Å². The normalized spacial score (nSPS) is 25.2. The van der Waals surface area contributed by atoms with Crippen LogP contribution < -0.4 is 5.32 Å². The number of nitrogens with one attached hydrogen (secondary N) is 1. The number of hydrogen-bond donors (Lipinski definition) is 1. The second-order valence-corrected chi connectivity index (χ2v) is 5.89. The summed E-state index contributed by atoms with van der Waals surface area (Å²) in [5.41, 5.74) is 1.22. The van der Waals surface area contributed by atoms with Gasteiger partial charge in [0.25, 0.3) is 0 Å². The summed E-state index contributed by atoms with van der Waals surface area (Å²) in [7, 11) is 2.02. The van der Waals surface area contributed by atoms with Crippen LogP contribution in [0.4, 0.5) is 4.39 Å². The summed E-state index contributed by atoms with van der Waals surface area (Å²) in [6.45, 7) is 2.28. The average molecular weight is 263 g/mol. The minimum Gasteiger partial charge on any atom is -0.313 e. The molecule has 0 amide bonds. The van der Waals surface area contributed by atoms with E-state index in [-0.39, 0.29) is 5.82 Å². The molecule has 1 aliphatic carbocycles. The van der Waals surface area contributed by atoms with Crippen LogP contribution in [0.15, 0.2) is 24.3 Å². The van der Waals surface area contributed by atoms with Crippen LogP contribution in [-0.2, 0) is 0 Å². The molecule has 0 radical (unpaired) electrons. The van der Waals surface area contributed by atoms with Crippen LogP contribution in [0.3, 0.4) is 0 Å². The van der Waals surface area contributed by atoms with Crippen LogP contribution in [0, 0.1) is 17.7 Å². The molecule has 2 rings (SSSR count). The standard InChI is InChI=1S/C17H26FN/c1-3-4-13-5-7-14(8-6-13)17(19-2)15-9-11-16(18)12-10-15/h9-14,17,19H,3-8H2,1-2H3. The molecule has 1 aromatic rings. The van der Waals surface area contributed by atoms with Gasteiger partial charge in [0.1, 0.15) is 5.82 Å². The molecule has 1 saturated carbocycles. The zero-order chi connectivity index (χ0) is 13.7. The Morgan fingerprint density at radius 1 is 1.16 bits per heavy atom. The van der Waals surface area contributed by atoms with Gasteiger partial charge in [0.05, 0.1) is 0 Å². The quantitative estimate of drug-likeness (QED) is 0.812. The number of hydrogen-bond acceptors (Lipinski definition) is 1. The first-order valence-corrected chi connectivity index (χ1v) is 7.67. The van der Waals surface area contributed by atoms with Crippen molar-refractivity contribution < 1.29 is 4.39 Å². The van der Waals surface area contributed by atoms with E-state index < -0.39 is 0 Å². The topological polar surface area (TPSA) is 12.0 Å². The van der Waals surface area contributed by atoms with Gasteiger partial charge in [-0.15, -0.1) is 0 Å². The molecular formula is C17H26FN. The predicted molar refractivity (Wildman–Crippen MR) is 78.6 cm³/mol. The van der Waals surface area contributed by atoms with Crippen LogP contribution in [0.2, 0.25) is 0 Å². The Hall–Kier alpha value is -0.890. The molecule has 0 heterocycles. The Kier molecular flexibility index (Phi) is 5.38. The maximum atomic E-state index is 13.0. The third kappa shape index (κ3) is 3.79. The highest BCUT2D eigenvalue weighted by atomic mass is 19.1. The maximum Gasteiger partial charge on any atom is 0.123 e. The lowest BCUT2D eigenvalue weighted by molar-refractivity contribution is 0.219. The predicted octanol–water partition coefficient (Wildman–Crippen LogP) is 4.69. The summed E-state index contributed by atoms with van der Waals surface area (Å²) in [4.78, 5) is 0. The van der Waals surface area contributed by atoms with Crippen LogP contribution >= 0.6 is 0 Å². The molecule has 1 N–H and O–H groups in total. The minimum atomic E-state index is -0.148. The first-order valence-electron chi connectivity index (χ1n) is 7.67. The molecule has 2 heteroatoms. The van der Waals surface area contributed by atoms with Crippen molar-refractivity contribution in [1.29, 1.82) is 0 Å². The molecule has 0 saturated heterocycles. The molecule has 1 unspecified atom stereocenters. The van der Waals surface area contributed by atoms with Crippen molar-refractivity contribution in [3.05, 3.63) is 35.6 Å². The Bertz CT molecular complexity index is 365. The first kappa shape index (κ1) is 14.5. The average Bonchev–Trinajstić information content (AvgIpc) is 2.44. The summed E-state index contributed by atoms with van der Waals surface area (Å²) < 4.78 is 13.0. The van der Waals surface area contributed by atoms with Gasteiger partial charge in [0.15, 0.2) is 0 Å². The summed E-state index contributed by atoms with van der Waals surface area (Å²) in [6, 6.07) is 7.37. The smallest absolute Gasteiger partial charge is 0.123 e. The maximum absolute atomic E-state index is 13.0. The van der Waals surface area contributed by atoms with E-state index in [1.165, 1.54) is 44.1 Å². The zero-order valence-corrected chi connectivity index (χ0v) is 12.2. The third-order valence-electron chi connectivity index (χ3n) is 4.60. The second-order valence-electron chi connectivity index (χ2n) is 5.89. The van der Waals surface area contributed by atoms with Crippen molar-refractivity contribution in [2.24, 2.45) is 11.8 Å². The number of halogens is 1. The van der Waals surface area contributed by atoms with E-state index in [1.54, 1.807) is 12.1 Å². The van der Waals surface area contributed by atoms with E-state index >= 15 is 0 Å². The van der Waals surface area contributed by atoms with Gasteiger partial charge in [-0.2, -0.15) is 0 Å². The third-order valence-corrected chi connectivity index (χ3v) is 4.60. The number of benzene rings is 1. The monoisotopic (exact) mass is 263 g/mol. The van der Waals surface area contributed by atoms with E-state index in [0.29, 0.717) is 12.0 Å². The van der Waals surface area contributed by atoms with Crippen molar-refractivity contribution in [3.8, 4) is 0 Å². The van der Waals surface area contributed by atoms with Crippen molar-refractivity contribution in [2.45, 2.75) is 51.5 Å². The molecule has 0 aromatic heterocycles. The Morgan fingerprint density at radius 2 is 1.79 bits per heavy atom. The molecule has 1 atom stereocenters. The van der Waals surface area contributed by atoms with Crippen LogP contribution in [0.1, 0.15) is 57.1 Å². The first-order chi connectivity index (χ1) is 9.24. The molecule has 0 aliphatic heterocycles.